The van der Waals surface area contributed by atoms with Crippen LogP contribution in [-0.2, 0) is 22.6 Å². The van der Waals surface area contributed by atoms with Crippen molar-refractivity contribution in [3.05, 3.63) is 99.0 Å². The minimum atomic E-state index is -0.768. The molecule has 1 atom stereocenters. The van der Waals surface area contributed by atoms with E-state index in [0.717, 1.165) is 21.2 Å². The Bertz CT molecular complexity index is 1240. The van der Waals surface area contributed by atoms with Crippen LogP contribution in [0.3, 0.4) is 0 Å². The molecule has 0 fully saturated rings. The van der Waals surface area contributed by atoms with Gasteiger partial charge in [0.1, 0.15) is 11.8 Å². The van der Waals surface area contributed by atoms with Gasteiger partial charge in [0.25, 0.3) is 5.91 Å². The second kappa shape index (κ2) is 13.3. The molecule has 3 aromatic carbocycles. The lowest BCUT2D eigenvalue weighted by atomic mass is 10.0. The number of rotatable bonds is 10. The second-order valence-corrected chi connectivity index (χ2v) is 12.0. The first kappa shape index (κ1) is 29.7. The number of halogens is 2. The highest BCUT2D eigenvalue weighted by Gasteiger charge is 2.33. The van der Waals surface area contributed by atoms with Crippen LogP contribution in [0.25, 0.3) is 0 Å². The van der Waals surface area contributed by atoms with E-state index in [4.69, 9.17) is 16.3 Å². The Labute approximate surface area is 239 Å². The fourth-order valence-corrected chi connectivity index (χ4v) is 4.74. The van der Waals surface area contributed by atoms with Crippen molar-refractivity contribution >= 4 is 39.3 Å². The van der Waals surface area contributed by atoms with E-state index in [1.807, 2.05) is 87.5 Å². The second-order valence-electron chi connectivity index (χ2n) is 10.7. The fourth-order valence-electron chi connectivity index (χ4n) is 4.03. The molecule has 0 aliphatic rings. The molecule has 0 saturated carbocycles. The van der Waals surface area contributed by atoms with E-state index in [2.05, 4.69) is 35.1 Å². The topological polar surface area (TPSA) is 58.6 Å². The van der Waals surface area contributed by atoms with Crippen molar-refractivity contribution in [1.82, 2.24) is 10.2 Å². The molecule has 2 amide bonds. The molecule has 3 aromatic rings. The maximum Gasteiger partial charge on any atom is 0.261 e. The van der Waals surface area contributed by atoms with Crippen LogP contribution in [-0.4, -0.2) is 34.9 Å². The van der Waals surface area contributed by atoms with Gasteiger partial charge in [-0.15, -0.1) is 0 Å². The summed E-state index contributed by atoms with van der Waals surface area (Å²) in [4.78, 5) is 29.0. The van der Waals surface area contributed by atoms with Gasteiger partial charge in [-0.3, -0.25) is 9.59 Å². The fraction of sp³-hybridized carbons (Fsp3) is 0.355. The van der Waals surface area contributed by atoms with Crippen molar-refractivity contribution in [1.29, 1.82) is 0 Å². The lowest BCUT2D eigenvalue weighted by Crippen LogP contribution is -2.55. The van der Waals surface area contributed by atoms with Gasteiger partial charge in [0, 0.05) is 23.5 Å². The molecule has 0 bridgehead atoms. The Morgan fingerprint density at radius 2 is 1.66 bits per heavy atom. The van der Waals surface area contributed by atoms with E-state index in [-0.39, 0.29) is 25.0 Å². The lowest BCUT2D eigenvalue weighted by molar-refractivity contribution is -0.143. The molecule has 202 valence electrons. The number of nitrogens with zero attached hydrogens (tertiary/aromatic N) is 1. The molecule has 0 aliphatic heterocycles. The van der Waals surface area contributed by atoms with Crippen molar-refractivity contribution in [2.75, 3.05) is 6.61 Å². The summed E-state index contributed by atoms with van der Waals surface area (Å²) in [6.45, 7) is 9.95. The summed E-state index contributed by atoms with van der Waals surface area (Å²) in [5, 5.41) is 3.60. The van der Waals surface area contributed by atoms with Crippen LogP contribution in [0.1, 0.15) is 57.2 Å². The van der Waals surface area contributed by atoms with Gasteiger partial charge in [-0.25, -0.2) is 0 Å². The average molecular weight is 600 g/mol. The normalized spacial score (nSPS) is 12.2. The summed E-state index contributed by atoms with van der Waals surface area (Å²) in [7, 11) is 0. The molecule has 38 heavy (non-hydrogen) atoms. The van der Waals surface area contributed by atoms with Gasteiger partial charge in [0.2, 0.25) is 5.91 Å². The first-order chi connectivity index (χ1) is 17.9. The SMILES string of the molecule is CC(C)c1ccc(OCC(=O)N(Cc2ccccc2Cl)C(Cc2ccccc2)C(=O)NC(C)(C)C)c(Br)c1. The highest BCUT2D eigenvalue weighted by atomic mass is 79.9. The Hall–Kier alpha value is -2.83. The zero-order valence-corrected chi connectivity index (χ0v) is 25.0. The van der Waals surface area contributed by atoms with Crippen molar-refractivity contribution in [2.45, 2.75) is 65.1 Å². The van der Waals surface area contributed by atoms with Crippen LogP contribution in [0, 0.1) is 0 Å². The molecule has 0 aromatic heterocycles. The van der Waals surface area contributed by atoms with Gasteiger partial charge in [0.05, 0.1) is 4.47 Å². The molecule has 7 heteroatoms. The Balaban J connectivity index is 1.94. The summed E-state index contributed by atoms with van der Waals surface area (Å²) < 4.78 is 6.74. The molecule has 1 unspecified atom stereocenters. The zero-order chi connectivity index (χ0) is 27.9. The maximum atomic E-state index is 13.8. The summed E-state index contributed by atoms with van der Waals surface area (Å²) >= 11 is 10.0. The smallest absolute Gasteiger partial charge is 0.261 e. The Kier molecular flexibility index (Phi) is 10.4. The number of ether oxygens (including phenoxy) is 1. The van der Waals surface area contributed by atoms with Gasteiger partial charge >= 0.3 is 0 Å². The van der Waals surface area contributed by atoms with Gasteiger partial charge < -0.3 is 15.0 Å². The third-order valence-corrected chi connectivity index (χ3v) is 7.03. The summed E-state index contributed by atoms with van der Waals surface area (Å²) in [6.07, 6.45) is 0.353. The highest BCUT2D eigenvalue weighted by molar-refractivity contribution is 9.10. The Morgan fingerprint density at radius 3 is 2.26 bits per heavy atom. The number of benzene rings is 3. The summed E-state index contributed by atoms with van der Waals surface area (Å²) in [5.41, 5.74) is 2.40. The number of hydrogen-bond acceptors (Lipinski definition) is 3. The maximum absolute atomic E-state index is 13.8. The number of carbonyl (C=O) groups is 2. The van der Waals surface area contributed by atoms with Gasteiger partial charge in [0.15, 0.2) is 6.61 Å². The molecule has 0 saturated heterocycles. The number of amides is 2. The van der Waals surface area contributed by atoms with E-state index >= 15 is 0 Å². The predicted molar refractivity (Wildman–Crippen MR) is 158 cm³/mol. The zero-order valence-electron chi connectivity index (χ0n) is 22.6. The number of carbonyl (C=O) groups excluding carboxylic acids is 2. The van der Waals surface area contributed by atoms with Gasteiger partial charge in [-0.2, -0.15) is 0 Å². The molecular formula is C31H36BrClN2O3. The van der Waals surface area contributed by atoms with Crippen LogP contribution in [0.4, 0.5) is 0 Å². The van der Waals surface area contributed by atoms with Crippen LogP contribution < -0.4 is 10.1 Å². The number of nitrogens with one attached hydrogen (secondary N) is 1. The van der Waals surface area contributed by atoms with E-state index in [9.17, 15) is 9.59 Å². The first-order valence-electron chi connectivity index (χ1n) is 12.8. The quantitative estimate of drug-likeness (QED) is 0.269. The molecule has 0 spiro atoms. The van der Waals surface area contributed by atoms with Crippen LogP contribution >= 0.6 is 27.5 Å². The monoisotopic (exact) mass is 598 g/mol. The van der Waals surface area contributed by atoms with E-state index < -0.39 is 11.6 Å². The molecular weight excluding hydrogens is 564 g/mol. The van der Waals surface area contributed by atoms with Crippen molar-refractivity contribution in [2.24, 2.45) is 0 Å². The van der Waals surface area contributed by atoms with Crippen LogP contribution in [0.5, 0.6) is 5.75 Å². The van der Waals surface area contributed by atoms with Crippen molar-refractivity contribution < 1.29 is 14.3 Å². The minimum Gasteiger partial charge on any atom is -0.483 e. The van der Waals surface area contributed by atoms with Gasteiger partial charge in [-0.1, -0.05) is 80.0 Å². The molecule has 0 radical (unpaired) electrons. The predicted octanol–water partition coefficient (Wildman–Crippen LogP) is 7.16. The van der Waals surface area contributed by atoms with Crippen molar-refractivity contribution in [3.63, 3.8) is 0 Å². The summed E-state index contributed by atoms with van der Waals surface area (Å²) in [6, 6.07) is 22.1. The largest absolute Gasteiger partial charge is 0.483 e. The van der Waals surface area contributed by atoms with Crippen molar-refractivity contribution in [3.8, 4) is 5.75 Å². The van der Waals surface area contributed by atoms with E-state index in [1.54, 1.807) is 11.0 Å². The van der Waals surface area contributed by atoms with E-state index in [0.29, 0.717) is 23.1 Å². The van der Waals surface area contributed by atoms with Gasteiger partial charge in [-0.05, 0) is 77.5 Å². The molecule has 3 rings (SSSR count). The third kappa shape index (κ3) is 8.60. The highest BCUT2D eigenvalue weighted by Crippen LogP contribution is 2.29. The molecule has 5 nitrogen and oxygen atoms in total. The first-order valence-corrected chi connectivity index (χ1v) is 13.9. The number of hydrogen-bond donors (Lipinski definition) is 1. The van der Waals surface area contributed by atoms with Crippen LogP contribution in [0.15, 0.2) is 77.3 Å². The third-order valence-electron chi connectivity index (χ3n) is 6.04. The lowest BCUT2D eigenvalue weighted by Gasteiger charge is -2.34. The standard InChI is InChI=1S/C31H36BrClN2O3/c1-21(2)23-15-16-28(25(32)18-23)38-20-29(36)35(19-24-13-9-10-14-26(24)33)27(30(37)34-31(3,4)5)17-22-11-7-6-8-12-22/h6-16,18,21,27H,17,19-20H2,1-5H3,(H,34,37). The molecule has 1 N–H and O–H groups in total. The minimum absolute atomic E-state index is 0.171. The van der Waals surface area contributed by atoms with E-state index in [1.165, 1.54) is 0 Å². The molecule has 0 aliphatic carbocycles. The molecule has 0 heterocycles. The van der Waals surface area contributed by atoms with Crippen LogP contribution in [0.2, 0.25) is 5.02 Å². The summed E-state index contributed by atoms with van der Waals surface area (Å²) in [5.74, 6) is 0.395. The average Bonchev–Trinajstić information content (AvgIpc) is 2.85. The Morgan fingerprint density at radius 1 is 1.00 bits per heavy atom.